The highest BCUT2D eigenvalue weighted by atomic mass is 16.5. The maximum absolute atomic E-state index is 9.73. The van der Waals surface area contributed by atoms with Gasteiger partial charge >= 0.3 is 7.12 Å². The van der Waals surface area contributed by atoms with Gasteiger partial charge in [-0.25, -0.2) is 4.98 Å². The third kappa shape index (κ3) is 2.99. The van der Waals surface area contributed by atoms with E-state index >= 15 is 0 Å². The smallest absolute Gasteiger partial charge is 0.492 e. The SMILES string of the molecule is COc1cc(-c2ncco2)c(-c2ccc3c(N)cnnc3c2)cc1B(O)O. The van der Waals surface area contributed by atoms with Crippen molar-refractivity contribution in [1.82, 2.24) is 15.2 Å². The molecule has 0 spiro atoms. The zero-order chi connectivity index (χ0) is 19.0. The molecule has 27 heavy (non-hydrogen) atoms. The van der Waals surface area contributed by atoms with Gasteiger partial charge in [-0.3, -0.25) is 0 Å². The normalized spacial score (nSPS) is 10.9. The molecule has 9 heteroatoms. The van der Waals surface area contributed by atoms with Crippen molar-refractivity contribution in [3.8, 4) is 28.3 Å². The van der Waals surface area contributed by atoms with Crippen molar-refractivity contribution in [2.75, 3.05) is 12.8 Å². The van der Waals surface area contributed by atoms with Crippen molar-refractivity contribution < 1.29 is 19.2 Å². The van der Waals surface area contributed by atoms with Crippen LogP contribution in [0.2, 0.25) is 0 Å². The van der Waals surface area contributed by atoms with Gasteiger partial charge in [0.15, 0.2) is 0 Å². The summed E-state index contributed by atoms with van der Waals surface area (Å²) < 4.78 is 10.7. The van der Waals surface area contributed by atoms with E-state index < -0.39 is 7.12 Å². The zero-order valence-electron chi connectivity index (χ0n) is 14.3. The maximum Gasteiger partial charge on any atom is 0.492 e. The Morgan fingerprint density at radius 1 is 1.15 bits per heavy atom. The minimum Gasteiger partial charge on any atom is -0.497 e. The predicted octanol–water partition coefficient (Wildman–Crippen LogP) is 1.22. The summed E-state index contributed by atoms with van der Waals surface area (Å²) in [5.74, 6) is 0.688. The fourth-order valence-electron chi connectivity index (χ4n) is 3.00. The van der Waals surface area contributed by atoms with Crippen LogP contribution < -0.4 is 15.9 Å². The second kappa shape index (κ2) is 6.71. The molecule has 4 rings (SSSR count). The van der Waals surface area contributed by atoms with Gasteiger partial charge in [0.05, 0.1) is 30.7 Å². The molecule has 0 saturated heterocycles. The van der Waals surface area contributed by atoms with Crippen molar-refractivity contribution in [2.45, 2.75) is 0 Å². The van der Waals surface area contributed by atoms with Gasteiger partial charge in [-0.2, -0.15) is 10.2 Å². The summed E-state index contributed by atoms with van der Waals surface area (Å²) in [6, 6.07) is 8.81. The maximum atomic E-state index is 9.73. The van der Waals surface area contributed by atoms with Gasteiger partial charge in [-0.1, -0.05) is 12.1 Å². The van der Waals surface area contributed by atoms with Crippen LogP contribution in [0.3, 0.4) is 0 Å². The number of hydrogen-bond acceptors (Lipinski definition) is 8. The summed E-state index contributed by atoms with van der Waals surface area (Å²) in [5.41, 5.74) is 9.39. The summed E-state index contributed by atoms with van der Waals surface area (Å²) >= 11 is 0. The number of nitrogens with zero attached hydrogens (tertiary/aromatic N) is 3. The van der Waals surface area contributed by atoms with Crippen LogP contribution in [-0.4, -0.2) is 39.5 Å². The molecule has 0 atom stereocenters. The van der Waals surface area contributed by atoms with Crippen LogP contribution in [0, 0.1) is 0 Å². The van der Waals surface area contributed by atoms with Gasteiger partial charge in [0.1, 0.15) is 12.0 Å². The largest absolute Gasteiger partial charge is 0.497 e. The van der Waals surface area contributed by atoms with E-state index in [1.165, 1.54) is 25.8 Å². The molecule has 2 aromatic heterocycles. The molecular formula is C18H15BN4O4. The Hall–Kier alpha value is -3.43. The van der Waals surface area contributed by atoms with E-state index in [0.717, 1.165) is 10.9 Å². The molecule has 4 N–H and O–H groups in total. The van der Waals surface area contributed by atoms with Gasteiger partial charge < -0.3 is 24.9 Å². The fourth-order valence-corrected chi connectivity index (χ4v) is 3.00. The van der Waals surface area contributed by atoms with Crippen LogP contribution in [0.25, 0.3) is 33.5 Å². The lowest BCUT2D eigenvalue weighted by molar-refractivity contribution is 0.403. The topological polar surface area (TPSA) is 128 Å². The third-order valence-corrected chi connectivity index (χ3v) is 4.29. The summed E-state index contributed by atoms with van der Waals surface area (Å²) in [6.45, 7) is 0. The second-order valence-corrected chi connectivity index (χ2v) is 5.88. The van der Waals surface area contributed by atoms with E-state index in [9.17, 15) is 10.0 Å². The first-order valence-corrected chi connectivity index (χ1v) is 8.07. The number of benzene rings is 2. The highest BCUT2D eigenvalue weighted by molar-refractivity contribution is 6.60. The molecule has 0 aliphatic heterocycles. The zero-order valence-corrected chi connectivity index (χ0v) is 14.3. The second-order valence-electron chi connectivity index (χ2n) is 5.88. The number of anilines is 1. The Balaban J connectivity index is 1.99. The van der Waals surface area contributed by atoms with Crippen LogP contribution in [0.15, 0.2) is 53.4 Å². The minimum atomic E-state index is -1.70. The molecule has 2 heterocycles. The molecule has 0 saturated carbocycles. The number of nitrogen functional groups attached to an aromatic ring is 1. The Bertz CT molecular complexity index is 1120. The van der Waals surface area contributed by atoms with Crippen LogP contribution in [0.4, 0.5) is 5.69 Å². The Kier molecular flexibility index (Phi) is 4.23. The first-order valence-electron chi connectivity index (χ1n) is 8.07. The number of fused-ring (bicyclic) bond motifs is 1. The molecule has 0 aliphatic rings. The molecule has 0 aliphatic carbocycles. The van der Waals surface area contributed by atoms with Crippen molar-refractivity contribution in [1.29, 1.82) is 0 Å². The number of nitrogens with two attached hydrogens (primary N) is 1. The Morgan fingerprint density at radius 2 is 2.00 bits per heavy atom. The molecular weight excluding hydrogens is 347 g/mol. The Morgan fingerprint density at radius 3 is 2.70 bits per heavy atom. The van der Waals surface area contributed by atoms with Crippen molar-refractivity contribution in [3.63, 3.8) is 0 Å². The Labute approximate surface area is 154 Å². The van der Waals surface area contributed by atoms with E-state index in [1.54, 1.807) is 12.1 Å². The van der Waals surface area contributed by atoms with E-state index in [0.29, 0.717) is 34.0 Å². The molecule has 0 fully saturated rings. The minimum absolute atomic E-state index is 0.224. The standard InChI is InChI=1S/C18H15BN4O4/c1-26-17-8-13(18-21-4-5-27-18)12(7-14(17)19(24)25)10-2-3-11-15(20)9-22-23-16(11)6-10/h2-9,24-25H,1H3,(H2,20,23). The van der Waals surface area contributed by atoms with Gasteiger partial charge in [0.2, 0.25) is 5.89 Å². The summed E-state index contributed by atoms with van der Waals surface area (Å²) in [6.07, 6.45) is 4.49. The van der Waals surface area contributed by atoms with E-state index in [2.05, 4.69) is 15.2 Å². The quantitative estimate of drug-likeness (QED) is 0.463. The van der Waals surface area contributed by atoms with Crippen molar-refractivity contribution in [3.05, 3.63) is 49.0 Å². The monoisotopic (exact) mass is 362 g/mol. The average molecular weight is 362 g/mol. The summed E-state index contributed by atoms with van der Waals surface area (Å²) in [4.78, 5) is 4.20. The van der Waals surface area contributed by atoms with Gasteiger partial charge in [-0.15, -0.1) is 0 Å². The first kappa shape index (κ1) is 17.0. The molecule has 0 amide bonds. The number of rotatable bonds is 4. The molecule has 8 nitrogen and oxygen atoms in total. The molecule has 0 bridgehead atoms. The highest BCUT2D eigenvalue weighted by Crippen LogP contribution is 2.35. The highest BCUT2D eigenvalue weighted by Gasteiger charge is 2.23. The van der Waals surface area contributed by atoms with Gasteiger partial charge in [-0.05, 0) is 29.3 Å². The van der Waals surface area contributed by atoms with Crippen molar-refractivity contribution >= 4 is 29.2 Å². The van der Waals surface area contributed by atoms with E-state index in [4.69, 9.17) is 14.9 Å². The predicted molar refractivity (Wildman–Crippen MR) is 101 cm³/mol. The molecule has 0 radical (unpaired) electrons. The lowest BCUT2D eigenvalue weighted by atomic mass is 9.77. The van der Waals surface area contributed by atoms with Gasteiger partial charge in [0, 0.05) is 16.4 Å². The number of oxazole rings is 1. The number of methoxy groups -OCH3 is 1. The van der Waals surface area contributed by atoms with E-state index in [-0.39, 0.29) is 5.46 Å². The average Bonchev–Trinajstić information content (AvgIpc) is 3.21. The lowest BCUT2D eigenvalue weighted by Crippen LogP contribution is -2.31. The first-order chi connectivity index (χ1) is 13.1. The van der Waals surface area contributed by atoms with Crippen LogP contribution in [0.5, 0.6) is 5.75 Å². The lowest BCUT2D eigenvalue weighted by Gasteiger charge is -2.14. The van der Waals surface area contributed by atoms with Crippen molar-refractivity contribution in [2.24, 2.45) is 0 Å². The summed E-state index contributed by atoms with van der Waals surface area (Å²) in [7, 11) is -0.248. The summed E-state index contributed by atoms with van der Waals surface area (Å²) in [5, 5.41) is 28.3. The molecule has 0 unspecified atom stereocenters. The number of ether oxygens (including phenoxy) is 1. The fraction of sp³-hybridized carbons (Fsp3) is 0.0556. The van der Waals surface area contributed by atoms with Crippen LogP contribution >= 0.6 is 0 Å². The van der Waals surface area contributed by atoms with Crippen LogP contribution in [0.1, 0.15) is 0 Å². The van der Waals surface area contributed by atoms with Crippen LogP contribution in [-0.2, 0) is 0 Å². The van der Waals surface area contributed by atoms with Gasteiger partial charge in [0.25, 0.3) is 0 Å². The molecule has 2 aromatic carbocycles. The van der Waals surface area contributed by atoms with E-state index in [1.807, 2.05) is 18.2 Å². The number of hydrogen-bond donors (Lipinski definition) is 3. The number of aromatic nitrogens is 3. The molecule has 134 valence electrons. The molecule has 4 aromatic rings. The third-order valence-electron chi connectivity index (χ3n) is 4.29.